The van der Waals surface area contributed by atoms with Gasteiger partial charge < -0.3 is 14.8 Å². The number of benzene rings is 2. The molecule has 2 aromatic carbocycles. The van der Waals surface area contributed by atoms with E-state index in [4.69, 9.17) is 9.47 Å². The number of hydrogen-bond acceptors (Lipinski definition) is 3. The minimum Gasteiger partial charge on any atom is -0.497 e. The first-order valence-corrected chi connectivity index (χ1v) is 7.94. The summed E-state index contributed by atoms with van der Waals surface area (Å²) in [5.41, 5.74) is 3.20. The summed E-state index contributed by atoms with van der Waals surface area (Å²) in [7, 11) is 1.66. The third-order valence-corrected chi connectivity index (χ3v) is 3.41. The van der Waals surface area contributed by atoms with Crippen LogP contribution in [-0.4, -0.2) is 19.7 Å². The second kappa shape index (κ2) is 9.40. The molecule has 0 fully saturated rings. The van der Waals surface area contributed by atoms with E-state index in [1.54, 1.807) is 7.11 Å². The predicted molar refractivity (Wildman–Crippen MR) is 96.0 cm³/mol. The van der Waals surface area contributed by atoms with Crippen LogP contribution >= 0.6 is 0 Å². The number of amides is 1. The maximum absolute atomic E-state index is 11.6. The van der Waals surface area contributed by atoms with E-state index < -0.39 is 6.09 Å². The average Bonchev–Trinajstić information content (AvgIpc) is 2.60. The van der Waals surface area contributed by atoms with E-state index in [1.165, 1.54) is 0 Å². The van der Waals surface area contributed by atoms with Crippen molar-refractivity contribution in [1.29, 1.82) is 0 Å². The van der Waals surface area contributed by atoms with Crippen LogP contribution in [0.3, 0.4) is 0 Å². The van der Waals surface area contributed by atoms with Crippen molar-refractivity contribution in [3.05, 3.63) is 71.3 Å². The second-order valence-corrected chi connectivity index (χ2v) is 5.46. The normalized spacial score (nSPS) is 10.6. The zero-order chi connectivity index (χ0) is 17.2. The van der Waals surface area contributed by atoms with Crippen molar-refractivity contribution in [2.75, 3.05) is 13.7 Å². The van der Waals surface area contributed by atoms with Crippen LogP contribution in [0.25, 0.3) is 6.08 Å². The van der Waals surface area contributed by atoms with Gasteiger partial charge in [0.2, 0.25) is 0 Å². The molecule has 0 bridgehead atoms. The number of alkyl carbamates (subject to hydrolysis) is 1. The van der Waals surface area contributed by atoms with Crippen molar-refractivity contribution in [1.82, 2.24) is 5.32 Å². The van der Waals surface area contributed by atoms with Gasteiger partial charge in [0, 0.05) is 6.54 Å². The first-order valence-electron chi connectivity index (χ1n) is 7.94. The lowest BCUT2D eigenvalue weighted by molar-refractivity contribution is 0.140. The first kappa shape index (κ1) is 17.6. The van der Waals surface area contributed by atoms with Gasteiger partial charge in [0.25, 0.3) is 0 Å². The number of rotatable bonds is 7. The van der Waals surface area contributed by atoms with Crippen LogP contribution in [0.2, 0.25) is 0 Å². The second-order valence-electron chi connectivity index (χ2n) is 5.46. The van der Waals surface area contributed by atoms with Crippen molar-refractivity contribution in [3.63, 3.8) is 0 Å². The molecule has 0 saturated carbocycles. The van der Waals surface area contributed by atoms with Crippen LogP contribution < -0.4 is 10.1 Å². The Kier molecular flexibility index (Phi) is 6.90. The largest absolute Gasteiger partial charge is 0.497 e. The molecule has 0 saturated heterocycles. The number of carbonyl (C=O) groups excluding carboxylic acids is 1. The van der Waals surface area contributed by atoms with Crippen LogP contribution in [-0.2, 0) is 11.3 Å². The summed E-state index contributed by atoms with van der Waals surface area (Å²) >= 11 is 0. The third-order valence-electron chi connectivity index (χ3n) is 3.41. The summed E-state index contributed by atoms with van der Waals surface area (Å²) in [5, 5.41) is 2.74. The Morgan fingerprint density at radius 3 is 2.71 bits per heavy atom. The molecule has 0 radical (unpaired) electrons. The summed E-state index contributed by atoms with van der Waals surface area (Å²) in [5.74, 6) is 0.845. The van der Waals surface area contributed by atoms with E-state index >= 15 is 0 Å². The summed E-state index contributed by atoms with van der Waals surface area (Å²) < 4.78 is 10.4. The van der Waals surface area contributed by atoms with Crippen molar-refractivity contribution in [3.8, 4) is 5.75 Å². The zero-order valence-corrected chi connectivity index (χ0v) is 14.1. The maximum Gasteiger partial charge on any atom is 0.407 e. The SMILES string of the molecule is COc1cc(C)cc(C=CCCNC(=O)OCc2ccccc2)c1. The van der Waals surface area contributed by atoms with Gasteiger partial charge in [-0.05, 0) is 42.2 Å². The van der Waals surface area contributed by atoms with Crippen LogP contribution in [0.4, 0.5) is 4.79 Å². The van der Waals surface area contributed by atoms with E-state index in [0.29, 0.717) is 6.54 Å². The van der Waals surface area contributed by atoms with Gasteiger partial charge in [0.1, 0.15) is 12.4 Å². The molecule has 0 aromatic heterocycles. The van der Waals surface area contributed by atoms with Gasteiger partial charge in [-0.1, -0.05) is 48.6 Å². The van der Waals surface area contributed by atoms with E-state index in [2.05, 4.69) is 11.4 Å². The lowest BCUT2D eigenvalue weighted by atomic mass is 10.1. The van der Waals surface area contributed by atoms with Gasteiger partial charge in [0.15, 0.2) is 0 Å². The van der Waals surface area contributed by atoms with Gasteiger partial charge in [0.05, 0.1) is 7.11 Å². The number of hydrogen-bond donors (Lipinski definition) is 1. The highest BCUT2D eigenvalue weighted by atomic mass is 16.5. The van der Waals surface area contributed by atoms with Crippen molar-refractivity contribution < 1.29 is 14.3 Å². The Balaban J connectivity index is 1.68. The molecule has 0 aliphatic carbocycles. The molecule has 2 aromatic rings. The van der Waals surface area contributed by atoms with Crippen LogP contribution in [0, 0.1) is 6.92 Å². The highest BCUT2D eigenvalue weighted by Crippen LogP contribution is 2.17. The topological polar surface area (TPSA) is 47.6 Å². The summed E-state index contributed by atoms with van der Waals surface area (Å²) in [6, 6.07) is 15.7. The molecular weight excluding hydrogens is 302 g/mol. The molecule has 126 valence electrons. The lowest BCUT2D eigenvalue weighted by Gasteiger charge is -2.06. The quantitative estimate of drug-likeness (QED) is 0.771. The zero-order valence-electron chi connectivity index (χ0n) is 14.1. The maximum atomic E-state index is 11.6. The number of nitrogens with one attached hydrogen (secondary N) is 1. The molecule has 1 amide bonds. The standard InChI is InChI=1S/C20H23NO3/c1-16-12-18(14-19(13-16)23-2)10-6-7-11-21-20(22)24-15-17-8-4-3-5-9-17/h3-6,8-10,12-14H,7,11,15H2,1-2H3,(H,21,22). The fourth-order valence-electron chi connectivity index (χ4n) is 2.24. The highest BCUT2D eigenvalue weighted by Gasteiger charge is 2.01. The Labute approximate surface area is 143 Å². The first-order chi connectivity index (χ1) is 11.7. The van der Waals surface area contributed by atoms with Gasteiger partial charge >= 0.3 is 6.09 Å². The molecule has 2 rings (SSSR count). The van der Waals surface area contributed by atoms with Crippen molar-refractivity contribution in [2.45, 2.75) is 20.0 Å². The minimum absolute atomic E-state index is 0.283. The number of aryl methyl sites for hydroxylation is 1. The van der Waals surface area contributed by atoms with Crippen LogP contribution in [0.15, 0.2) is 54.6 Å². The van der Waals surface area contributed by atoms with Crippen LogP contribution in [0.1, 0.15) is 23.1 Å². The lowest BCUT2D eigenvalue weighted by Crippen LogP contribution is -2.24. The summed E-state index contributed by atoms with van der Waals surface area (Å²) in [6.07, 6.45) is 4.37. The Hall–Kier alpha value is -2.75. The highest BCUT2D eigenvalue weighted by molar-refractivity contribution is 5.67. The molecule has 0 unspecified atom stereocenters. The van der Waals surface area contributed by atoms with Gasteiger partial charge in [-0.2, -0.15) is 0 Å². The predicted octanol–water partition coefficient (Wildman–Crippen LogP) is 4.33. The Morgan fingerprint density at radius 2 is 1.96 bits per heavy atom. The number of ether oxygens (including phenoxy) is 2. The molecule has 4 heteroatoms. The molecule has 24 heavy (non-hydrogen) atoms. The monoisotopic (exact) mass is 325 g/mol. The van der Waals surface area contributed by atoms with Gasteiger partial charge in [-0.3, -0.25) is 0 Å². The minimum atomic E-state index is -0.399. The van der Waals surface area contributed by atoms with Gasteiger partial charge in [-0.25, -0.2) is 4.79 Å². The number of methoxy groups -OCH3 is 1. The molecular formula is C20H23NO3. The third kappa shape index (κ3) is 6.16. The summed E-state index contributed by atoms with van der Waals surface area (Å²) in [4.78, 5) is 11.6. The molecule has 4 nitrogen and oxygen atoms in total. The molecule has 0 heterocycles. The fraction of sp³-hybridized carbons (Fsp3) is 0.250. The number of carbonyl (C=O) groups is 1. The van der Waals surface area contributed by atoms with E-state index in [-0.39, 0.29) is 6.61 Å². The van der Waals surface area contributed by atoms with Gasteiger partial charge in [-0.15, -0.1) is 0 Å². The molecule has 0 aliphatic rings. The van der Waals surface area contributed by atoms with Crippen LogP contribution in [0.5, 0.6) is 5.75 Å². The Bertz CT molecular complexity index is 681. The average molecular weight is 325 g/mol. The summed E-state index contributed by atoms with van der Waals surface area (Å²) in [6.45, 7) is 2.85. The Morgan fingerprint density at radius 1 is 1.17 bits per heavy atom. The molecule has 1 N–H and O–H groups in total. The van der Waals surface area contributed by atoms with Crippen molar-refractivity contribution in [2.24, 2.45) is 0 Å². The van der Waals surface area contributed by atoms with E-state index in [1.807, 2.05) is 61.5 Å². The van der Waals surface area contributed by atoms with E-state index in [0.717, 1.165) is 28.9 Å². The van der Waals surface area contributed by atoms with Crippen molar-refractivity contribution >= 4 is 12.2 Å². The smallest absolute Gasteiger partial charge is 0.407 e. The fourth-order valence-corrected chi connectivity index (χ4v) is 2.24. The molecule has 0 atom stereocenters. The molecule has 0 aliphatic heterocycles. The van der Waals surface area contributed by atoms with E-state index in [9.17, 15) is 4.79 Å². The molecule has 0 spiro atoms.